The third kappa shape index (κ3) is 4.69. The van der Waals surface area contributed by atoms with Gasteiger partial charge in [-0.25, -0.2) is 12.8 Å². The number of halogens is 2. The molecule has 0 unspecified atom stereocenters. The lowest BCUT2D eigenvalue weighted by molar-refractivity contribution is 0.101. The molecule has 0 bridgehead atoms. The number of aryl methyl sites for hydroxylation is 1. The smallest absolute Gasteiger partial charge is 0.272 e. The maximum absolute atomic E-state index is 13.1. The van der Waals surface area contributed by atoms with Crippen LogP contribution in [-0.4, -0.2) is 26.0 Å². The lowest BCUT2D eigenvalue weighted by Crippen LogP contribution is -2.16. The molecule has 1 amide bonds. The van der Waals surface area contributed by atoms with E-state index in [1.807, 2.05) is 0 Å². The molecule has 2 aromatic carbocycles. The molecule has 2 N–H and O–H groups in total. The van der Waals surface area contributed by atoms with Gasteiger partial charge in [-0.1, -0.05) is 11.6 Å². The molecule has 7 nitrogen and oxygen atoms in total. The van der Waals surface area contributed by atoms with Gasteiger partial charge in [0.15, 0.2) is 0 Å². The minimum atomic E-state index is -3.99. The second-order valence-electron chi connectivity index (χ2n) is 6.08. The van der Waals surface area contributed by atoms with E-state index in [9.17, 15) is 17.6 Å². The highest BCUT2D eigenvalue weighted by atomic mass is 35.5. The number of amides is 1. The van der Waals surface area contributed by atoms with E-state index in [1.165, 1.54) is 25.3 Å². The van der Waals surface area contributed by atoms with Crippen molar-refractivity contribution in [2.24, 2.45) is 7.05 Å². The number of hydrogen-bond acceptors (Lipinski definition) is 4. The highest BCUT2D eigenvalue weighted by Gasteiger charge is 2.18. The molecule has 3 aromatic rings. The van der Waals surface area contributed by atoms with Crippen molar-refractivity contribution >= 4 is 38.9 Å². The molecule has 0 atom stereocenters. The molecule has 29 heavy (non-hydrogen) atoms. The van der Waals surface area contributed by atoms with E-state index in [4.69, 9.17) is 16.3 Å². The minimum Gasteiger partial charge on any atom is -0.495 e. The zero-order valence-corrected chi connectivity index (χ0v) is 17.0. The standard InChI is InChI=1S/C19H17ClFN3O4S/c1-24-11-12(20)9-17(24)19(25)22-14-5-8-18(28-2)16(10-14)23-29(26,27)15-6-3-13(21)4-7-15/h3-11,23H,1-2H3,(H,22,25). The van der Waals surface area contributed by atoms with Gasteiger partial charge >= 0.3 is 0 Å². The Kier molecular flexibility index (Phi) is 5.81. The van der Waals surface area contributed by atoms with Crippen molar-refractivity contribution in [3.8, 4) is 5.75 Å². The van der Waals surface area contributed by atoms with Crippen LogP contribution in [0.1, 0.15) is 10.5 Å². The quantitative estimate of drug-likeness (QED) is 0.612. The first-order valence-electron chi connectivity index (χ1n) is 8.29. The second kappa shape index (κ2) is 8.14. The number of benzene rings is 2. The number of aromatic nitrogens is 1. The number of ether oxygens (including phenoxy) is 1. The number of carbonyl (C=O) groups is 1. The highest BCUT2D eigenvalue weighted by Crippen LogP contribution is 2.30. The van der Waals surface area contributed by atoms with Crippen LogP contribution in [-0.2, 0) is 17.1 Å². The molecule has 10 heteroatoms. The summed E-state index contributed by atoms with van der Waals surface area (Å²) in [5.41, 5.74) is 0.781. The number of carbonyl (C=O) groups excluding carboxylic acids is 1. The molecule has 152 valence electrons. The van der Waals surface area contributed by atoms with Gasteiger partial charge in [0.1, 0.15) is 17.3 Å². The molecule has 1 aromatic heterocycles. The van der Waals surface area contributed by atoms with Crippen LogP contribution in [0, 0.1) is 5.82 Å². The molecule has 0 spiro atoms. The number of nitrogens with one attached hydrogen (secondary N) is 2. The molecule has 0 aliphatic rings. The van der Waals surface area contributed by atoms with Crippen LogP contribution < -0.4 is 14.8 Å². The van der Waals surface area contributed by atoms with Gasteiger partial charge in [-0.3, -0.25) is 9.52 Å². The summed E-state index contributed by atoms with van der Waals surface area (Å²) in [6.07, 6.45) is 1.59. The fraction of sp³-hybridized carbons (Fsp3) is 0.105. The molecule has 0 aliphatic carbocycles. The first-order valence-corrected chi connectivity index (χ1v) is 10.2. The van der Waals surface area contributed by atoms with Gasteiger partial charge in [0, 0.05) is 18.9 Å². The summed E-state index contributed by atoms with van der Waals surface area (Å²) < 4.78 is 47.4. The van der Waals surface area contributed by atoms with E-state index in [-0.39, 0.29) is 16.3 Å². The topological polar surface area (TPSA) is 89.4 Å². The minimum absolute atomic E-state index is 0.111. The van der Waals surface area contributed by atoms with Gasteiger partial charge in [0.2, 0.25) is 0 Å². The number of hydrogen-bond donors (Lipinski definition) is 2. The Morgan fingerprint density at radius 1 is 1.14 bits per heavy atom. The first kappa shape index (κ1) is 20.7. The van der Waals surface area contributed by atoms with E-state index in [0.717, 1.165) is 24.3 Å². The lowest BCUT2D eigenvalue weighted by atomic mass is 10.2. The highest BCUT2D eigenvalue weighted by molar-refractivity contribution is 7.92. The van der Waals surface area contributed by atoms with E-state index >= 15 is 0 Å². The van der Waals surface area contributed by atoms with Crippen molar-refractivity contribution in [3.05, 3.63) is 71.3 Å². The molecule has 0 fully saturated rings. The Morgan fingerprint density at radius 2 is 1.83 bits per heavy atom. The van der Waals surface area contributed by atoms with Crippen molar-refractivity contribution < 1.29 is 22.3 Å². The fourth-order valence-corrected chi connectivity index (χ4v) is 3.94. The fourth-order valence-electron chi connectivity index (χ4n) is 2.63. The summed E-state index contributed by atoms with van der Waals surface area (Å²) in [6.45, 7) is 0. The monoisotopic (exact) mass is 437 g/mol. The van der Waals surface area contributed by atoms with E-state index in [1.54, 1.807) is 23.9 Å². The lowest BCUT2D eigenvalue weighted by Gasteiger charge is -2.14. The van der Waals surface area contributed by atoms with E-state index in [0.29, 0.717) is 16.4 Å². The third-order valence-electron chi connectivity index (χ3n) is 4.03. The van der Waals surface area contributed by atoms with Crippen LogP contribution in [0.5, 0.6) is 5.75 Å². The van der Waals surface area contributed by atoms with Crippen LogP contribution in [0.15, 0.2) is 59.6 Å². The van der Waals surface area contributed by atoms with Crippen molar-refractivity contribution in [2.75, 3.05) is 17.1 Å². The number of nitrogens with zero attached hydrogens (tertiary/aromatic N) is 1. The summed E-state index contributed by atoms with van der Waals surface area (Å²) >= 11 is 5.90. The van der Waals surface area contributed by atoms with Gasteiger partial charge in [-0.15, -0.1) is 0 Å². The van der Waals surface area contributed by atoms with Crippen molar-refractivity contribution in [1.82, 2.24) is 4.57 Å². The van der Waals surface area contributed by atoms with Gasteiger partial charge < -0.3 is 14.6 Å². The second-order valence-corrected chi connectivity index (χ2v) is 8.20. The maximum Gasteiger partial charge on any atom is 0.272 e. The Hall–Kier alpha value is -3.04. The van der Waals surface area contributed by atoms with E-state index < -0.39 is 21.7 Å². The molecule has 3 rings (SSSR count). The number of rotatable bonds is 6. The average Bonchev–Trinajstić information content (AvgIpc) is 3.00. The van der Waals surface area contributed by atoms with Gasteiger partial charge in [-0.2, -0.15) is 0 Å². The molecular weight excluding hydrogens is 421 g/mol. The van der Waals surface area contributed by atoms with Crippen LogP contribution in [0.4, 0.5) is 15.8 Å². The normalized spacial score (nSPS) is 11.2. The number of anilines is 2. The van der Waals surface area contributed by atoms with Gasteiger partial charge in [0.05, 0.1) is 22.7 Å². The van der Waals surface area contributed by atoms with Crippen LogP contribution in [0.3, 0.4) is 0 Å². The van der Waals surface area contributed by atoms with Crippen LogP contribution >= 0.6 is 11.6 Å². The average molecular weight is 438 g/mol. The summed E-state index contributed by atoms with van der Waals surface area (Å²) in [7, 11) is -0.933. The summed E-state index contributed by atoms with van der Waals surface area (Å²) in [6, 6.07) is 10.4. The zero-order valence-electron chi connectivity index (χ0n) is 15.4. The SMILES string of the molecule is COc1ccc(NC(=O)c2cc(Cl)cn2C)cc1NS(=O)(=O)c1ccc(F)cc1. The van der Waals surface area contributed by atoms with Crippen LogP contribution in [0.2, 0.25) is 5.02 Å². The molecule has 0 saturated heterocycles. The summed E-state index contributed by atoms with van der Waals surface area (Å²) in [4.78, 5) is 12.3. The van der Waals surface area contributed by atoms with Gasteiger partial charge in [-0.05, 0) is 48.5 Å². The van der Waals surface area contributed by atoms with E-state index in [2.05, 4.69) is 10.0 Å². The van der Waals surface area contributed by atoms with Crippen molar-refractivity contribution in [2.45, 2.75) is 4.90 Å². The van der Waals surface area contributed by atoms with Crippen molar-refractivity contribution in [1.29, 1.82) is 0 Å². The Morgan fingerprint density at radius 3 is 2.41 bits per heavy atom. The predicted molar refractivity (Wildman–Crippen MR) is 109 cm³/mol. The predicted octanol–water partition coefficient (Wildman–Crippen LogP) is 3.88. The largest absolute Gasteiger partial charge is 0.495 e. The number of methoxy groups -OCH3 is 1. The van der Waals surface area contributed by atoms with Crippen LogP contribution in [0.25, 0.3) is 0 Å². The first-order chi connectivity index (χ1) is 13.7. The van der Waals surface area contributed by atoms with Gasteiger partial charge in [0.25, 0.3) is 15.9 Å². The Bertz CT molecular complexity index is 1160. The summed E-state index contributed by atoms with van der Waals surface area (Å²) in [5, 5.41) is 3.10. The Balaban J connectivity index is 1.88. The molecule has 0 aliphatic heterocycles. The molecule has 0 radical (unpaired) electrons. The maximum atomic E-state index is 13.1. The molecular formula is C19H17ClFN3O4S. The summed E-state index contributed by atoms with van der Waals surface area (Å²) in [5.74, 6) is -0.723. The Labute approximate surface area is 172 Å². The number of sulfonamides is 1. The molecule has 1 heterocycles. The van der Waals surface area contributed by atoms with Crippen molar-refractivity contribution in [3.63, 3.8) is 0 Å². The molecule has 0 saturated carbocycles. The zero-order chi connectivity index (χ0) is 21.2. The third-order valence-corrected chi connectivity index (χ3v) is 5.62.